The first-order chi connectivity index (χ1) is 17.6. The number of hydrogen-bond donors (Lipinski definition) is 1. The van der Waals surface area contributed by atoms with Crippen LogP contribution in [0.3, 0.4) is 0 Å². The van der Waals surface area contributed by atoms with Gasteiger partial charge >= 0.3 is 11.9 Å². The minimum atomic E-state index is -0.765. The van der Waals surface area contributed by atoms with Gasteiger partial charge in [-0.3, -0.25) is 9.59 Å². The Hall–Kier alpha value is -1.36. The third-order valence-corrected chi connectivity index (χ3v) is 6.56. The lowest BCUT2D eigenvalue weighted by molar-refractivity contribution is -0.161. The molecule has 1 N–H and O–H groups in total. The predicted octanol–water partition coefficient (Wildman–Crippen LogP) is 8.61. The summed E-state index contributed by atoms with van der Waals surface area (Å²) in [7, 11) is 0. The Morgan fingerprint density at radius 2 is 1.03 bits per heavy atom. The van der Waals surface area contributed by atoms with Gasteiger partial charge in [0, 0.05) is 12.8 Å². The fraction of sp³-hybridized carbons (Fsp3) is 0.871. The molecule has 0 heterocycles. The summed E-state index contributed by atoms with van der Waals surface area (Å²) in [6.45, 7) is 4.07. The number of ether oxygens (including phenoxy) is 2. The van der Waals surface area contributed by atoms with Gasteiger partial charge in [0.1, 0.15) is 6.61 Å². The molecule has 0 bridgehead atoms. The summed E-state index contributed by atoms with van der Waals surface area (Å²) < 4.78 is 10.5. The van der Waals surface area contributed by atoms with Gasteiger partial charge in [-0.15, -0.1) is 0 Å². The highest BCUT2D eigenvalue weighted by Crippen LogP contribution is 2.12. The number of unbranched alkanes of at least 4 members (excludes halogenated alkanes) is 17. The summed E-state index contributed by atoms with van der Waals surface area (Å²) in [6, 6.07) is 0. The third-order valence-electron chi connectivity index (χ3n) is 6.56. The zero-order chi connectivity index (χ0) is 26.5. The van der Waals surface area contributed by atoms with Crippen LogP contribution in [0.4, 0.5) is 0 Å². The summed E-state index contributed by atoms with van der Waals surface area (Å²) >= 11 is 0. The van der Waals surface area contributed by atoms with Crippen LogP contribution < -0.4 is 0 Å². The van der Waals surface area contributed by atoms with Crippen molar-refractivity contribution in [3.8, 4) is 0 Å². The van der Waals surface area contributed by atoms with Crippen LogP contribution in [-0.4, -0.2) is 36.4 Å². The van der Waals surface area contributed by atoms with E-state index in [0.717, 1.165) is 44.9 Å². The number of esters is 2. The number of rotatable bonds is 27. The van der Waals surface area contributed by atoms with E-state index in [4.69, 9.17) is 9.47 Å². The average Bonchev–Trinajstić information content (AvgIpc) is 2.88. The highest BCUT2D eigenvalue weighted by atomic mass is 16.6. The molecule has 0 saturated carbocycles. The fourth-order valence-corrected chi connectivity index (χ4v) is 4.19. The van der Waals surface area contributed by atoms with Crippen molar-refractivity contribution in [1.82, 2.24) is 0 Å². The molecule has 0 fully saturated rings. The van der Waals surface area contributed by atoms with Crippen LogP contribution in [0.2, 0.25) is 0 Å². The van der Waals surface area contributed by atoms with Gasteiger partial charge < -0.3 is 14.6 Å². The smallest absolute Gasteiger partial charge is 0.306 e. The van der Waals surface area contributed by atoms with Crippen molar-refractivity contribution < 1.29 is 24.2 Å². The molecule has 212 valence electrons. The molecule has 0 aromatic rings. The highest BCUT2D eigenvalue weighted by molar-refractivity contribution is 5.70. The van der Waals surface area contributed by atoms with Gasteiger partial charge in [0.2, 0.25) is 0 Å². The molecule has 0 amide bonds. The van der Waals surface area contributed by atoms with Gasteiger partial charge in [-0.05, 0) is 38.5 Å². The van der Waals surface area contributed by atoms with E-state index in [0.29, 0.717) is 12.8 Å². The maximum atomic E-state index is 12.0. The van der Waals surface area contributed by atoms with Crippen LogP contribution in [-0.2, 0) is 19.1 Å². The molecule has 0 spiro atoms. The lowest BCUT2D eigenvalue weighted by Gasteiger charge is -2.15. The molecule has 0 aromatic heterocycles. The van der Waals surface area contributed by atoms with Crippen LogP contribution in [0.1, 0.15) is 155 Å². The number of hydrogen-bond acceptors (Lipinski definition) is 5. The molecule has 0 aliphatic rings. The Labute approximate surface area is 222 Å². The van der Waals surface area contributed by atoms with E-state index < -0.39 is 6.10 Å². The van der Waals surface area contributed by atoms with Crippen molar-refractivity contribution in [2.45, 2.75) is 161 Å². The zero-order valence-electron chi connectivity index (χ0n) is 23.8. The van der Waals surface area contributed by atoms with Crippen LogP contribution >= 0.6 is 0 Å². The second kappa shape index (κ2) is 28.2. The summed E-state index contributed by atoms with van der Waals surface area (Å²) in [5, 5.41) is 9.45. The van der Waals surface area contributed by atoms with Crippen molar-refractivity contribution in [2.24, 2.45) is 0 Å². The van der Waals surface area contributed by atoms with Gasteiger partial charge in [-0.2, -0.15) is 0 Å². The van der Waals surface area contributed by atoms with Crippen molar-refractivity contribution >= 4 is 11.9 Å². The number of carbonyl (C=O) groups excluding carboxylic acids is 2. The SMILES string of the molecule is CCCCC/C=C/CCCCCCCC(=O)O[C@@H](CO)COC(=O)CCCCCCCCCCCC. The molecule has 0 aliphatic heterocycles. The largest absolute Gasteiger partial charge is 0.462 e. The van der Waals surface area contributed by atoms with Crippen molar-refractivity contribution in [3.63, 3.8) is 0 Å². The van der Waals surface area contributed by atoms with E-state index in [1.165, 1.54) is 83.5 Å². The highest BCUT2D eigenvalue weighted by Gasteiger charge is 2.16. The Kier molecular flexibility index (Phi) is 27.1. The minimum Gasteiger partial charge on any atom is -0.462 e. The van der Waals surface area contributed by atoms with Crippen LogP contribution in [0.25, 0.3) is 0 Å². The first-order valence-corrected chi connectivity index (χ1v) is 15.2. The van der Waals surface area contributed by atoms with Crippen molar-refractivity contribution in [2.75, 3.05) is 13.2 Å². The molecule has 0 rings (SSSR count). The van der Waals surface area contributed by atoms with Crippen LogP contribution in [0.5, 0.6) is 0 Å². The molecule has 0 aliphatic carbocycles. The van der Waals surface area contributed by atoms with Gasteiger partial charge in [0.05, 0.1) is 6.61 Å². The summed E-state index contributed by atoms with van der Waals surface area (Å²) in [6.07, 6.45) is 28.3. The quantitative estimate of drug-likeness (QED) is 0.0680. The Morgan fingerprint density at radius 3 is 1.56 bits per heavy atom. The molecule has 0 radical (unpaired) electrons. The minimum absolute atomic E-state index is 0.0647. The molecule has 0 unspecified atom stereocenters. The monoisotopic (exact) mass is 510 g/mol. The maximum absolute atomic E-state index is 12.0. The van der Waals surface area contributed by atoms with Gasteiger partial charge in [0.15, 0.2) is 6.10 Å². The summed E-state index contributed by atoms with van der Waals surface area (Å²) in [4.78, 5) is 24.0. The van der Waals surface area contributed by atoms with Crippen LogP contribution in [0.15, 0.2) is 12.2 Å². The van der Waals surface area contributed by atoms with E-state index in [2.05, 4.69) is 26.0 Å². The van der Waals surface area contributed by atoms with Gasteiger partial charge in [-0.1, -0.05) is 116 Å². The second-order valence-corrected chi connectivity index (χ2v) is 10.2. The molecular formula is C31H58O5. The normalized spacial score (nSPS) is 12.2. The summed E-state index contributed by atoms with van der Waals surface area (Å²) in [5.74, 6) is -0.602. The molecule has 1 atom stereocenters. The van der Waals surface area contributed by atoms with Crippen LogP contribution in [0, 0.1) is 0 Å². The Bertz CT molecular complexity index is 517. The fourth-order valence-electron chi connectivity index (χ4n) is 4.19. The Balaban J connectivity index is 3.61. The van der Waals surface area contributed by atoms with Crippen molar-refractivity contribution in [1.29, 1.82) is 0 Å². The van der Waals surface area contributed by atoms with E-state index in [1.54, 1.807) is 0 Å². The van der Waals surface area contributed by atoms with E-state index >= 15 is 0 Å². The first-order valence-electron chi connectivity index (χ1n) is 15.2. The topological polar surface area (TPSA) is 72.8 Å². The van der Waals surface area contributed by atoms with Crippen molar-refractivity contribution in [3.05, 3.63) is 12.2 Å². The van der Waals surface area contributed by atoms with Gasteiger partial charge in [-0.25, -0.2) is 0 Å². The van der Waals surface area contributed by atoms with E-state index in [-0.39, 0.29) is 25.2 Å². The Morgan fingerprint density at radius 1 is 0.611 bits per heavy atom. The standard InChI is InChI=1S/C31H58O5/c1-3-5-7-9-11-13-15-16-18-20-22-24-26-31(34)36-29(27-32)28-35-30(33)25-23-21-19-17-14-12-10-8-6-4-2/h11,13,29,32H,3-10,12,14-28H2,1-2H3/b13-11+/t29-/m0/s1. The number of carbonyl (C=O) groups is 2. The second-order valence-electron chi connectivity index (χ2n) is 10.2. The molecule has 5 nitrogen and oxygen atoms in total. The molecule has 5 heteroatoms. The number of aliphatic hydroxyl groups is 1. The molecular weight excluding hydrogens is 452 g/mol. The number of allylic oxidation sites excluding steroid dienone is 2. The molecule has 0 aromatic carbocycles. The first kappa shape index (κ1) is 34.6. The average molecular weight is 511 g/mol. The molecule has 0 saturated heterocycles. The summed E-state index contributed by atoms with van der Waals surface area (Å²) in [5.41, 5.74) is 0. The molecule has 36 heavy (non-hydrogen) atoms. The van der Waals surface area contributed by atoms with Gasteiger partial charge in [0.25, 0.3) is 0 Å². The zero-order valence-corrected chi connectivity index (χ0v) is 23.8. The lowest BCUT2D eigenvalue weighted by Crippen LogP contribution is -2.28. The lowest BCUT2D eigenvalue weighted by atomic mass is 10.1. The van der Waals surface area contributed by atoms with E-state index in [9.17, 15) is 14.7 Å². The number of aliphatic hydroxyl groups excluding tert-OH is 1. The van der Waals surface area contributed by atoms with E-state index in [1.807, 2.05) is 0 Å². The third kappa shape index (κ3) is 25.7. The maximum Gasteiger partial charge on any atom is 0.306 e. The predicted molar refractivity (Wildman–Crippen MR) is 150 cm³/mol.